The number of nitro benzene ring substituents is 1. The number of hydrogen-bond donors (Lipinski definition) is 1. The Hall–Kier alpha value is -2.71. The summed E-state index contributed by atoms with van der Waals surface area (Å²) in [5, 5.41) is 13.3. The van der Waals surface area contributed by atoms with Gasteiger partial charge in [0, 0.05) is 35.8 Å². The SMILES string of the molecule is CN(Cc1c(F)cccc1Cl)C(=O)CNC(=O)c1ccc(Cl)c([N+](=O)[O-])c1. The van der Waals surface area contributed by atoms with Crippen LogP contribution in [0.15, 0.2) is 36.4 Å². The molecule has 2 rings (SSSR count). The maximum atomic E-state index is 13.8. The van der Waals surface area contributed by atoms with Gasteiger partial charge < -0.3 is 10.2 Å². The summed E-state index contributed by atoms with van der Waals surface area (Å²) in [4.78, 5) is 35.6. The van der Waals surface area contributed by atoms with Crippen molar-refractivity contribution in [3.63, 3.8) is 0 Å². The fraction of sp³-hybridized carbons (Fsp3) is 0.176. The number of carbonyl (C=O) groups excluding carboxylic acids is 2. The predicted molar refractivity (Wildman–Crippen MR) is 98.3 cm³/mol. The summed E-state index contributed by atoms with van der Waals surface area (Å²) in [6.45, 7) is -0.454. The summed E-state index contributed by atoms with van der Waals surface area (Å²) in [6, 6.07) is 7.74. The fourth-order valence-electron chi connectivity index (χ4n) is 2.20. The number of nitrogens with zero attached hydrogens (tertiary/aromatic N) is 2. The van der Waals surface area contributed by atoms with Crippen molar-refractivity contribution in [2.75, 3.05) is 13.6 Å². The normalized spacial score (nSPS) is 10.4. The van der Waals surface area contributed by atoms with Crippen molar-refractivity contribution in [1.29, 1.82) is 0 Å². The third-order valence-corrected chi connectivity index (χ3v) is 4.36. The van der Waals surface area contributed by atoms with Crippen molar-refractivity contribution in [2.24, 2.45) is 0 Å². The fourth-order valence-corrected chi connectivity index (χ4v) is 2.60. The van der Waals surface area contributed by atoms with Gasteiger partial charge in [0.1, 0.15) is 10.8 Å². The number of carbonyl (C=O) groups is 2. The van der Waals surface area contributed by atoms with E-state index in [0.717, 1.165) is 6.07 Å². The number of rotatable bonds is 6. The minimum atomic E-state index is -0.712. The van der Waals surface area contributed by atoms with Crippen LogP contribution < -0.4 is 5.32 Å². The average Bonchev–Trinajstić information content (AvgIpc) is 2.62. The van der Waals surface area contributed by atoms with Crippen LogP contribution in [-0.4, -0.2) is 35.2 Å². The Morgan fingerprint density at radius 3 is 2.56 bits per heavy atom. The minimum absolute atomic E-state index is 0.0151. The number of hydrogen-bond acceptors (Lipinski definition) is 4. The summed E-state index contributed by atoms with van der Waals surface area (Å²) < 4.78 is 13.8. The van der Waals surface area contributed by atoms with Crippen LogP contribution in [0.3, 0.4) is 0 Å². The van der Waals surface area contributed by atoms with Gasteiger partial charge in [0.2, 0.25) is 5.91 Å². The van der Waals surface area contributed by atoms with Crippen LogP contribution in [0.2, 0.25) is 10.0 Å². The molecule has 0 aromatic heterocycles. The number of nitro groups is 1. The molecule has 0 bridgehead atoms. The first kappa shape index (κ1) is 20.6. The van der Waals surface area contributed by atoms with Gasteiger partial charge in [0.15, 0.2) is 0 Å². The van der Waals surface area contributed by atoms with Crippen molar-refractivity contribution in [3.8, 4) is 0 Å². The van der Waals surface area contributed by atoms with Crippen LogP contribution in [0.4, 0.5) is 10.1 Å². The molecule has 0 saturated heterocycles. The Balaban J connectivity index is 1.99. The molecule has 2 amide bonds. The molecule has 10 heteroatoms. The molecular formula is C17H14Cl2FN3O4. The zero-order valence-electron chi connectivity index (χ0n) is 14.0. The van der Waals surface area contributed by atoms with Gasteiger partial charge in [-0.05, 0) is 24.3 Å². The van der Waals surface area contributed by atoms with Crippen LogP contribution in [0.25, 0.3) is 0 Å². The molecule has 7 nitrogen and oxygen atoms in total. The molecule has 0 saturated carbocycles. The molecule has 0 spiro atoms. The van der Waals surface area contributed by atoms with E-state index >= 15 is 0 Å². The third kappa shape index (κ3) is 5.15. The molecule has 0 unspecified atom stereocenters. The Labute approximate surface area is 163 Å². The first-order chi connectivity index (χ1) is 12.7. The van der Waals surface area contributed by atoms with E-state index in [1.165, 1.54) is 42.3 Å². The van der Waals surface area contributed by atoms with Crippen LogP contribution in [-0.2, 0) is 11.3 Å². The van der Waals surface area contributed by atoms with E-state index in [0.29, 0.717) is 0 Å². The summed E-state index contributed by atoms with van der Waals surface area (Å²) in [7, 11) is 1.43. The number of halogens is 3. The monoisotopic (exact) mass is 413 g/mol. The van der Waals surface area contributed by atoms with Crippen molar-refractivity contribution in [2.45, 2.75) is 6.54 Å². The predicted octanol–water partition coefficient (Wildman–Crippen LogP) is 3.43. The Kier molecular flexibility index (Phi) is 6.70. The number of amides is 2. The lowest BCUT2D eigenvalue weighted by atomic mass is 10.2. The second-order valence-electron chi connectivity index (χ2n) is 5.56. The highest BCUT2D eigenvalue weighted by molar-refractivity contribution is 6.32. The van der Waals surface area contributed by atoms with E-state index in [-0.39, 0.29) is 34.3 Å². The molecule has 2 aromatic rings. The largest absolute Gasteiger partial charge is 0.343 e. The lowest BCUT2D eigenvalue weighted by Crippen LogP contribution is -2.38. The lowest BCUT2D eigenvalue weighted by molar-refractivity contribution is -0.384. The molecule has 0 atom stereocenters. The van der Waals surface area contributed by atoms with Crippen molar-refractivity contribution >= 4 is 40.7 Å². The maximum Gasteiger partial charge on any atom is 0.288 e. The second kappa shape index (κ2) is 8.79. The second-order valence-corrected chi connectivity index (χ2v) is 6.37. The minimum Gasteiger partial charge on any atom is -0.343 e. The summed E-state index contributed by atoms with van der Waals surface area (Å²) in [5.41, 5.74) is -0.268. The molecule has 2 aromatic carbocycles. The van der Waals surface area contributed by atoms with Gasteiger partial charge in [-0.15, -0.1) is 0 Å². The van der Waals surface area contributed by atoms with E-state index in [2.05, 4.69) is 5.32 Å². The van der Waals surface area contributed by atoms with Crippen LogP contribution in [0, 0.1) is 15.9 Å². The molecule has 27 heavy (non-hydrogen) atoms. The Bertz CT molecular complexity index is 887. The van der Waals surface area contributed by atoms with Crippen LogP contribution in [0.1, 0.15) is 15.9 Å². The smallest absolute Gasteiger partial charge is 0.288 e. The molecule has 0 aliphatic heterocycles. The van der Waals surface area contributed by atoms with Crippen LogP contribution in [0.5, 0.6) is 0 Å². The number of benzene rings is 2. The molecule has 0 fully saturated rings. The van der Waals surface area contributed by atoms with Crippen molar-refractivity contribution < 1.29 is 18.9 Å². The van der Waals surface area contributed by atoms with Gasteiger partial charge in [0.05, 0.1) is 11.5 Å². The topological polar surface area (TPSA) is 92.6 Å². The summed E-state index contributed by atoms with van der Waals surface area (Å²) >= 11 is 11.6. The van der Waals surface area contributed by atoms with Gasteiger partial charge in [-0.25, -0.2) is 4.39 Å². The van der Waals surface area contributed by atoms with Gasteiger partial charge >= 0.3 is 0 Å². The molecule has 0 aliphatic rings. The van der Waals surface area contributed by atoms with Crippen molar-refractivity contribution in [1.82, 2.24) is 10.2 Å². The molecule has 1 N–H and O–H groups in total. The summed E-state index contributed by atoms with van der Waals surface area (Å²) in [6.07, 6.45) is 0. The maximum absolute atomic E-state index is 13.8. The van der Waals surface area contributed by atoms with E-state index in [1.54, 1.807) is 0 Å². The zero-order chi connectivity index (χ0) is 20.1. The highest BCUT2D eigenvalue weighted by Crippen LogP contribution is 2.25. The first-order valence-corrected chi connectivity index (χ1v) is 8.35. The van der Waals surface area contributed by atoms with E-state index in [1.807, 2.05) is 0 Å². The molecule has 142 valence electrons. The first-order valence-electron chi connectivity index (χ1n) is 7.59. The molecule has 0 heterocycles. The molecule has 0 aliphatic carbocycles. The van der Waals surface area contributed by atoms with Gasteiger partial charge in [0.25, 0.3) is 11.6 Å². The highest BCUT2D eigenvalue weighted by Gasteiger charge is 2.18. The zero-order valence-corrected chi connectivity index (χ0v) is 15.6. The molecular weight excluding hydrogens is 400 g/mol. The van der Waals surface area contributed by atoms with Gasteiger partial charge in [-0.1, -0.05) is 29.3 Å². The number of likely N-dealkylation sites (N-methyl/N-ethyl adjacent to an activating group) is 1. The van der Waals surface area contributed by atoms with Gasteiger partial charge in [-0.3, -0.25) is 19.7 Å². The third-order valence-electron chi connectivity index (χ3n) is 3.69. The van der Waals surface area contributed by atoms with E-state index in [9.17, 15) is 24.1 Å². The van der Waals surface area contributed by atoms with Crippen LogP contribution >= 0.6 is 23.2 Å². The Morgan fingerprint density at radius 2 is 1.93 bits per heavy atom. The summed E-state index contributed by atoms with van der Waals surface area (Å²) in [5.74, 6) is -1.72. The standard InChI is InChI=1S/C17H14Cl2FN3O4/c1-22(9-11-12(18)3-2-4-14(11)20)16(24)8-21-17(25)10-5-6-13(19)15(7-10)23(26)27/h2-7H,8-9H2,1H3,(H,21,25). The average molecular weight is 414 g/mol. The Morgan fingerprint density at radius 1 is 1.22 bits per heavy atom. The van der Waals surface area contributed by atoms with E-state index < -0.39 is 28.2 Å². The van der Waals surface area contributed by atoms with E-state index in [4.69, 9.17) is 23.2 Å². The molecule has 0 radical (unpaired) electrons. The van der Waals surface area contributed by atoms with Gasteiger partial charge in [-0.2, -0.15) is 0 Å². The van der Waals surface area contributed by atoms with Crippen molar-refractivity contribution in [3.05, 3.63) is 73.5 Å². The lowest BCUT2D eigenvalue weighted by Gasteiger charge is -2.18. The number of nitrogens with one attached hydrogen (secondary N) is 1. The highest BCUT2D eigenvalue weighted by atomic mass is 35.5. The quantitative estimate of drug-likeness (QED) is 0.579.